The van der Waals surface area contributed by atoms with Gasteiger partial charge in [-0.05, 0) is 47.1 Å². The van der Waals surface area contributed by atoms with Gasteiger partial charge in [-0.15, -0.1) is 0 Å². The van der Waals surface area contributed by atoms with Crippen LogP contribution in [-0.4, -0.2) is 59.6 Å². The summed E-state index contributed by atoms with van der Waals surface area (Å²) >= 11 is 0. The average molecular weight is 264 g/mol. The van der Waals surface area contributed by atoms with Crippen LogP contribution in [0, 0.1) is 11.3 Å². The van der Waals surface area contributed by atoms with Crippen molar-refractivity contribution in [1.82, 2.24) is 15.1 Å². The molecule has 108 valence electrons. The van der Waals surface area contributed by atoms with Crippen molar-refractivity contribution in [3.63, 3.8) is 0 Å². The number of nitrogens with zero attached hydrogens (tertiary/aromatic N) is 3. The summed E-state index contributed by atoms with van der Waals surface area (Å²) in [5.41, 5.74) is -0.441. The molecule has 1 N–H and O–H groups in total. The van der Waals surface area contributed by atoms with Crippen LogP contribution in [0.25, 0.3) is 0 Å². The summed E-state index contributed by atoms with van der Waals surface area (Å²) in [5.74, 6) is 0. The molecule has 2 fully saturated rings. The van der Waals surface area contributed by atoms with Gasteiger partial charge in [0.2, 0.25) is 0 Å². The van der Waals surface area contributed by atoms with Gasteiger partial charge in [0.1, 0.15) is 5.54 Å². The van der Waals surface area contributed by atoms with Crippen LogP contribution < -0.4 is 5.32 Å². The normalized spacial score (nSPS) is 32.0. The number of hydrogen-bond acceptors (Lipinski definition) is 4. The molecule has 2 heterocycles. The molecule has 0 aliphatic carbocycles. The van der Waals surface area contributed by atoms with Crippen molar-refractivity contribution in [1.29, 1.82) is 5.26 Å². The molecular formula is C15H28N4. The molecule has 3 unspecified atom stereocenters. The maximum atomic E-state index is 9.49. The Kier molecular flexibility index (Phi) is 4.50. The Morgan fingerprint density at radius 3 is 2.79 bits per heavy atom. The first-order chi connectivity index (χ1) is 8.93. The summed E-state index contributed by atoms with van der Waals surface area (Å²) in [6, 6.07) is 4.08. The van der Waals surface area contributed by atoms with Crippen LogP contribution in [0.5, 0.6) is 0 Å². The summed E-state index contributed by atoms with van der Waals surface area (Å²) < 4.78 is 0. The topological polar surface area (TPSA) is 42.3 Å². The fourth-order valence-electron chi connectivity index (χ4n) is 3.62. The number of nitrogens with one attached hydrogen (secondary N) is 1. The van der Waals surface area contributed by atoms with Gasteiger partial charge in [0.05, 0.1) is 6.07 Å². The largest absolute Gasteiger partial charge is 0.298 e. The van der Waals surface area contributed by atoms with E-state index in [-0.39, 0.29) is 0 Å². The molecule has 3 atom stereocenters. The zero-order valence-corrected chi connectivity index (χ0v) is 12.8. The number of piperazine rings is 1. The Morgan fingerprint density at radius 1 is 1.42 bits per heavy atom. The summed E-state index contributed by atoms with van der Waals surface area (Å²) in [4.78, 5) is 5.13. The molecular weight excluding hydrogens is 236 g/mol. The van der Waals surface area contributed by atoms with Crippen LogP contribution in [0.4, 0.5) is 0 Å². The molecule has 0 bridgehead atoms. The number of hydrogen-bond donors (Lipinski definition) is 1. The van der Waals surface area contributed by atoms with E-state index in [0.717, 1.165) is 25.7 Å². The molecule has 2 aliphatic heterocycles. The number of rotatable bonds is 4. The first kappa shape index (κ1) is 14.8. The highest BCUT2D eigenvalue weighted by atomic mass is 15.3. The van der Waals surface area contributed by atoms with Gasteiger partial charge in [-0.3, -0.25) is 15.1 Å². The fourth-order valence-corrected chi connectivity index (χ4v) is 3.62. The molecule has 2 aliphatic rings. The molecule has 0 aromatic heterocycles. The predicted octanol–water partition coefficient (Wildman–Crippen LogP) is 1.44. The summed E-state index contributed by atoms with van der Waals surface area (Å²) in [5, 5.41) is 12.9. The van der Waals surface area contributed by atoms with Crippen LogP contribution in [-0.2, 0) is 0 Å². The van der Waals surface area contributed by atoms with Crippen molar-refractivity contribution in [2.24, 2.45) is 0 Å². The lowest BCUT2D eigenvalue weighted by atomic mass is 9.99. The van der Waals surface area contributed by atoms with E-state index in [2.05, 4.69) is 42.0 Å². The van der Waals surface area contributed by atoms with Gasteiger partial charge in [0, 0.05) is 37.8 Å². The summed E-state index contributed by atoms with van der Waals surface area (Å²) in [6.45, 7) is 12.9. The van der Waals surface area contributed by atoms with Gasteiger partial charge in [-0.1, -0.05) is 0 Å². The average Bonchev–Trinajstić information content (AvgIpc) is 2.75. The highest BCUT2D eigenvalue weighted by Gasteiger charge is 2.37. The molecule has 2 rings (SSSR count). The molecule has 0 saturated carbocycles. The molecule has 0 spiro atoms. The second kappa shape index (κ2) is 5.78. The summed E-state index contributed by atoms with van der Waals surface area (Å²) in [6.07, 6.45) is 2.66. The van der Waals surface area contributed by atoms with Gasteiger partial charge in [0.25, 0.3) is 0 Å². The second-order valence-corrected chi connectivity index (χ2v) is 6.81. The first-order valence-electron chi connectivity index (χ1n) is 7.60. The van der Waals surface area contributed by atoms with E-state index in [4.69, 9.17) is 0 Å². The minimum Gasteiger partial charge on any atom is -0.298 e. The van der Waals surface area contributed by atoms with Crippen molar-refractivity contribution in [2.45, 2.75) is 64.2 Å². The van der Waals surface area contributed by atoms with Crippen LogP contribution >= 0.6 is 0 Å². The van der Waals surface area contributed by atoms with Crippen molar-refractivity contribution in [3.8, 4) is 6.07 Å². The standard InChI is InChI=1S/C15H28N4/c1-12(2)17-15(4,10-16)11-19-9-14-6-5-7-18(14)8-13(19)3/h12-14,17H,5-9,11H2,1-4H3. The van der Waals surface area contributed by atoms with Crippen molar-refractivity contribution < 1.29 is 0 Å². The number of nitriles is 1. The maximum Gasteiger partial charge on any atom is 0.116 e. The van der Waals surface area contributed by atoms with Crippen molar-refractivity contribution in [3.05, 3.63) is 0 Å². The van der Waals surface area contributed by atoms with E-state index < -0.39 is 5.54 Å². The minimum absolute atomic E-state index is 0.340. The highest BCUT2D eigenvalue weighted by molar-refractivity contribution is 5.08. The molecule has 19 heavy (non-hydrogen) atoms. The Labute approximate surface area is 117 Å². The van der Waals surface area contributed by atoms with Gasteiger partial charge in [0.15, 0.2) is 0 Å². The predicted molar refractivity (Wildman–Crippen MR) is 77.9 cm³/mol. The zero-order chi connectivity index (χ0) is 14.0. The van der Waals surface area contributed by atoms with E-state index >= 15 is 0 Å². The Bertz CT molecular complexity index is 349. The Balaban J connectivity index is 1.99. The molecule has 0 aromatic rings. The lowest BCUT2D eigenvalue weighted by molar-refractivity contribution is 0.0460. The SMILES string of the molecule is CC(C)NC(C)(C#N)CN1CC2CCCN2CC1C. The minimum atomic E-state index is -0.441. The van der Waals surface area contributed by atoms with Crippen LogP contribution in [0.15, 0.2) is 0 Å². The second-order valence-electron chi connectivity index (χ2n) is 6.81. The molecule has 0 radical (unpaired) electrons. The molecule has 0 amide bonds. The smallest absolute Gasteiger partial charge is 0.116 e. The van der Waals surface area contributed by atoms with E-state index in [0.29, 0.717) is 12.1 Å². The Hall–Kier alpha value is -0.630. The number of fused-ring (bicyclic) bond motifs is 1. The van der Waals surface area contributed by atoms with Gasteiger partial charge in [-0.2, -0.15) is 5.26 Å². The Morgan fingerprint density at radius 2 is 2.16 bits per heavy atom. The van der Waals surface area contributed by atoms with Gasteiger partial charge >= 0.3 is 0 Å². The van der Waals surface area contributed by atoms with Crippen LogP contribution in [0.3, 0.4) is 0 Å². The summed E-state index contributed by atoms with van der Waals surface area (Å²) in [7, 11) is 0. The van der Waals surface area contributed by atoms with Gasteiger partial charge < -0.3 is 0 Å². The van der Waals surface area contributed by atoms with Crippen LogP contribution in [0.1, 0.15) is 40.5 Å². The van der Waals surface area contributed by atoms with Crippen LogP contribution in [0.2, 0.25) is 0 Å². The lowest BCUT2D eigenvalue weighted by Gasteiger charge is -2.45. The van der Waals surface area contributed by atoms with Crippen molar-refractivity contribution in [2.75, 3.05) is 26.2 Å². The zero-order valence-electron chi connectivity index (χ0n) is 12.8. The lowest BCUT2D eigenvalue weighted by Crippen LogP contribution is -2.61. The monoisotopic (exact) mass is 264 g/mol. The molecule has 0 aromatic carbocycles. The third kappa shape index (κ3) is 3.47. The van der Waals surface area contributed by atoms with E-state index in [9.17, 15) is 5.26 Å². The fraction of sp³-hybridized carbons (Fsp3) is 0.933. The van der Waals surface area contributed by atoms with E-state index in [1.807, 2.05) is 6.92 Å². The van der Waals surface area contributed by atoms with E-state index in [1.54, 1.807) is 0 Å². The van der Waals surface area contributed by atoms with E-state index in [1.165, 1.54) is 19.4 Å². The van der Waals surface area contributed by atoms with Crippen molar-refractivity contribution >= 4 is 0 Å². The third-order valence-electron chi connectivity index (χ3n) is 4.44. The molecule has 2 saturated heterocycles. The first-order valence-corrected chi connectivity index (χ1v) is 7.60. The quantitative estimate of drug-likeness (QED) is 0.834. The van der Waals surface area contributed by atoms with Gasteiger partial charge in [-0.25, -0.2) is 0 Å². The maximum absolute atomic E-state index is 9.49. The molecule has 4 nitrogen and oxygen atoms in total. The molecule has 4 heteroatoms. The highest BCUT2D eigenvalue weighted by Crippen LogP contribution is 2.25. The third-order valence-corrected chi connectivity index (χ3v) is 4.44.